The van der Waals surface area contributed by atoms with Crippen molar-refractivity contribution >= 4 is 18.1 Å². The fraction of sp³-hybridized carbons (Fsp3) is 0.200. The molecule has 1 aliphatic heterocycles. The molecule has 1 aromatic heterocycles. The Hall–Kier alpha value is -2.96. The van der Waals surface area contributed by atoms with Gasteiger partial charge in [-0.15, -0.1) is 0 Å². The van der Waals surface area contributed by atoms with E-state index in [0.29, 0.717) is 24.1 Å². The number of aromatic carboxylic acids is 1. The van der Waals surface area contributed by atoms with Gasteiger partial charge in [0.05, 0.1) is 11.0 Å². The van der Waals surface area contributed by atoms with Gasteiger partial charge in [-0.25, -0.2) is 4.79 Å². The molecule has 0 saturated heterocycles. The molecule has 7 nitrogen and oxygen atoms in total. The van der Waals surface area contributed by atoms with E-state index in [1.54, 1.807) is 6.07 Å². The van der Waals surface area contributed by atoms with E-state index in [-0.39, 0.29) is 17.3 Å². The molecule has 7 heteroatoms. The number of carboxylic acid groups (broad SMARTS) is 1. The van der Waals surface area contributed by atoms with Gasteiger partial charge in [-0.05, 0) is 18.1 Å². The lowest BCUT2D eigenvalue weighted by molar-refractivity contribution is -0.126. The van der Waals surface area contributed by atoms with Crippen molar-refractivity contribution < 1.29 is 14.7 Å². The van der Waals surface area contributed by atoms with Crippen LogP contribution in [0.5, 0.6) is 0 Å². The van der Waals surface area contributed by atoms with E-state index >= 15 is 0 Å². The van der Waals surface area contributed by atoms with Gasteiger partial charge in [0.1, 0.15) is 5.82 Å². The number of pyridine rings is 1. The van der Waals surface area contributed by atoms with E-state index in [1.807, 2.05) is 0 Å². The van der Waals surface area contributed by atoms with Crippen molar-refractivity contribution in [2.24, 2.45) is 16.1 Å². The summed E-state index contributed by atoms with van der Waals surface area (Å²) in [6.07, 6.45) is 4.90. The molecule has 1 aromatic rings. The number of amides is 1. The van der Waals surface area contributed by atoms with E-state index in [2.05, 4.69) is 21.9 Å². The molecule has 0 fully saturated rings. The number of hydrogen-bond acceptors (Lipinski definition) is 5. The minimum absolute atomic E-state index is 0.104. The second kappa shape index (κ2) is 4.80. The van der Waals surface area contributed by atoms with E-state index in [4.69, 9.17) is 10.8 Å². The Kier molecular flexibility index (Phi) is 3.05. The maximum atomic E-state index is 12.4. The van der Waals surface area contributed by atoms with Crippen LogP contribution >= 0.6 is 0 Å². The number of carbonyl (C=O) groups excluding carboxylic acids is 1. The maximum Gasteiger partial charge on any atom is 0.337 e. The van der Waals surface area contributed by atoms with Crippen LogP contribution in [0.2, 0.25) is 0 Å². The standard InChI is InChI=1S/C15H14N4O3/c1-2-17-7-10-12(16)19-14(22)15(10)4-8-3-9(13(20)21)6-18-11(8)5-15/h2-3,6-7H,1,4-5,16H2,(H,19,22)(H,20,21)/b17-7-/t15-/m0/s1. The van der Waals surface area contributed by atoms with Crippen LogP contribution in [0.3, 0.4) is 0 Å². The van der Waals surface area contributed by atoms with Gasteiger partial charge in [-0.3, -0.25) is 14.8 Å². The summed E-state index contributed by atoms with van der Waals surface area (Å²) in [5, 5.41) is 11.7. The van der Waals surface area contributed by atoms with Gasteiger partial charge in [0.25, 0.3) is 0 Å². The molecule has 0 saturated carbocycles. The van der Waals surface area contributed by atoms with Gasteiger partial charge >= 0.3 is 5.97 Å². The maximum absolute atomic E-state index is 12.4. The minimum atomic E-state index is -1.05. The Morgan fingerprint density at radius 2 is 2.32 bits per heavy atom. The van der Waals surface area contributed by atoms with E-state index in [0.717, 1.165) is 5.56 Å². The molecule has 2 aliphatic rings. The highest BCUT2D eigenvalue weighted by Gasteiger charge is 2.51. The lowest BCUT2D eigenvalue weighted by Crippen LogP contribution is -2.35. The van der Waals surface area contributed by atoms with E-state index < -0.39 is 11.4 Å². The van der Waals surface area contributed by atoms with Crippen molar-refractivity contribution in [3.8, 4) is 0 Å². The molecule has 1 atom stereocenters. The summed E-state index contributed by atoms with van der Waals surface area (Å²) in [4.78, 5) is 31.6. The average Bonchev–Trinajstić information content (AvgIpc) is 2.95. The zero-order chi connectivity index (χ0) is 15.9. The van der Waals surface area contributed by atoms with Crippen LogP contribution in [0.1, 0.15) is 21.6 Å². The molecule has 3 rings (SSSR count). The van der Waals surface area contributed by atoms with Crippen LogP contribution in [-0.4, -0.2) is 28.2 Å². The van der Waals surface area contributed by atoms with Crippen molar-refractivity contribution in [2.45, 2.75) is 12.8 Å². The lowest BCUT2D eigenvalue weighted by Gasteiger charge is -2.20. The second-order valence-electron chi connectivity index (χ2n) is 5.31. The lowest BCUT2D eigenvalue weighted by atomic mass is 9.79. The summed E-state index contributed by atoms with van der Waals surface area (Å²) in [6.45, 7) is 3.51. The van der Waals surface area contributed by atoms with Crippen LogP contribution in [0.15, 0.2) is 41.4 Å². The largest absolute Gasteiger partial charge is 0.478 e. The van der Waals surface area contributed by atoms with Crippen molar-refractivity contribution in [2.75, 3.05) is 0 Å². The molecular weight excluding hydrogens is 284 g/mol. The van der Waals surface area contributed by atoms with Gasteiger partial charge in [-0.1, -0.05) is 6.58 Å². The summed E-state index contributed by atoms with van der Waals surface area (Å²) in [6, 6.07) is 1.56. The fourth-order valence-electron chi connectivity index (χ4n) is 3.00. The number of fused-ring (bicyclic) bond motifs is 1. The molecule has 1 amide bonds. The number of nitrogens with one attached hydrogen (secondary N) is 1. The minimum Gasteiger partial charge on any atom is -0.478 e. The highest BCUT2D eigenvalue weighted by molar-refractivity contribution is 6.02. The predicted molar refractivity (Wildman–Crippen MR) is 79.1 cm³/mol. The van der Waals surface area contributed by atoms with Crippen molar-refractivity contribution in [1.82, 2.24) is 10.3 Å². The highest BCUT2D eigenvalue weighted by Crippen LogP contribution is 2.44. The monoisotopic (exact) mass is 298 g/mol. The van der Waals surface area contributed by atoms with E-state index in [9.17, 15) is 9.59 Å². The molecule has 4 N–H and O–H groups in total. The smallest absolute Gasteiger partial charge is 0.337 e. The number of aliphatic imine (C=N–C) groups is 1. The zero-order valence-corrected chi connectivity index (χ0v) is 11.7. The van der Waals surface area contributed by atoms with Gasteiger partial charge in [0.2, 0.25) is 5.91 Å². The van der Waals surface area contributed by atoms with Gasteiger partial charge in [0, 0.05) is 36.3 Å². The van der Waals surface area contributed by atoms with Crippen LogP contribution in [0.25, 0.3) is 0 Å². The predicted octanol–water partition coefficient (Wildman–Crippen LogP) is 0.379. The Morgan fingerprint density at radius 3 is 3.00 bits per heavy atom. The summed E-state index contributed by atoms with van der Waals surface area (Å²) >= 11 is 0. The average molecular weight is 298 g/mol. The Bertz CT molecular complexity index is 766. The van der Waals surface area contributed by atoms with Crippen molar-refractivity contribution in [3.63, 3.8) is 0 Å². The van der Waals surface area contributed by atoms with Gasteiger partial charge < -0.3 is 16.2 Å². The topological polar surface area (TPSA) is 118 Å². The molecule has 22 heavy (non-hydrogen) atoms. The van der Waals surface area contributed by atoms with E-state index in [1.165, 1.54) is 18.6 Å². The SMILES string of the molecule is C=C/N=C\C1=C(N)NC(=O)[C@]12Cc1cc(C(=O)O)cnc1C2. The highest BCUT2D eigenvalue weighted by atomic mass is 16.4. The number of carboxylic acids is 1. The molecule has 2 heterocycles. The van der Waals surface area contributed by atoms with Gasteiger partial charge in [0.15, 0.2) is 0 Å². The zero-order valence-electron chi connectivity index (χ0n) is 11.7. The Balaban J connectivity index is 2.05. The first-order valence-corrected chi connectivity index (χ1v) is 6.65. The van der Waals surface area contributed by atoms with Gasteiger partial charge in [-0.2, -0.15) is 0 Å². The third kappa shape index (κ3) is 1.90. The summed E-state index contributed by atoms with van der Waals surface area (Å²) in [5.41, 5.74) is 7.16. The molecule has 0 aromatic carbocycles. The number of nitrogens with two attached hydrogens (primary N) is 1. The van der Waals surface area contributed by atoms with Crippen LogP contribution in [0, 0.1) is 5.41 Å². The fourth-order valence-corrected chi connectivity index (χ4v) is 3.00. The van der Waals surface area contributed by atoms with Crippen molar-refractivity contribution in [1.29, 1.82) is 0 Å². The summed E-state index contributed by atoms with van der Waals surface area (Å²) < 4.78 is 0. The third-order valence-electron chi connectivity index (χ3n) is 4.07. The number of hydrogen-bond donors (Lipinski definition) is 3. The number of carbonyl (C=O) groups is 2. The second-order valence-corrected chi connectivity index (χ2v) is 5.31. The number of rotatable bonds is 3. The molecule has 0 bridgehead atoms. The first-order valence-electron chi connectivity index (χ1n) is 6.65. The van der Waals surface area contributed by atoms with Crippen LogP contribution < -0.4 is 11.1 Å². The molecule has 0 unspecified atom stereocenters. The summed E-state index contributed by atoms with van der Waals surface area (Å²) in [7, 11) is 0. The normalized spacial score (nSPS) is 23.2. The quantitative estimate of drug-likeness (QED) is 0.697. The summed E-state index contributed by atoms with van der Waals surface area (Å²) in [5.74, 6) is -0.997. The Morgan fingerprint density at radius 1 is 1.55 bits per heavy atom. The third-order valence-corrected chi connectivity index (χ3v) is 4.07. The number of nitrogens with zero attached hydrogens (tertiary/aromatic N) is 2. The van der Waals surface area contributed by atoms with Crippen LogP contribution in [0.4, 0.5) is 0 Å². The molecule has 1 aliphatic carbocycles. The molecule has 1 spiro atoms. The first kappa shape index (κ1) is 14.0. The molecule has 0 radical (unpaired) electrons. The van der Waals surface area contributed by atoms with Crippen molar-refractivity contribution in [3.05, 3.63) is 53.3 Å². The number of aromatic nitrogens is 1. The first-order chi connectivity index (χ1) is 10.5. The Labute approximate surface area is 126 Å². The van der Waals surface area contributed by atoms with Crippen LogP contribution in [-0.2, 0) is 17.6 Å². The molecule has 112 valence electrons. The molecular formula is C15H14N4O3.